The van der Waals surface area contributed by atoms with E-state index in [4.69, 9.17) is 0 Å². The molecule has 1 heterocycles. The van der Waals surface area contributed by atoms with Gasteiger partial charge < -0.3 is 5.32 Å². The summed E-state index contributed by atoms with van der Waals surface area (Å²) in [6.45, 7) is 2.02. The van der Waals surface area contributed by atoms with E-state index < -0.39 is 0 Å². The van der Waals surface area contributed by atoms with Crippen LogP contribution < -0.4 is 5.32 Å². The third kappa shape index (κ3) is 2.82. The molecule has 1 amide bonds. The van der Waals surface area contributed by atoms with Gasteiger partial charge in [0, 0.05) is 19.5 Å². The number of nitrogens with one attached hydrogen (secondary N) is 1. The zero-order chi connectivity index (χ0) is 12.3. The molecule has 2 rings (SSSR count). The Morgan fingerprint density at radius 1 is 1.53 bits per heavy atom. The molecule has 0 aromatic heterocycles. The van der Waals surface area contributed by atoms with Crippen LogP contribution in [0.1, 0.15) is 17.9 Å². The van der Waals surface area contributed by atoms with Crippen LogP contribution >= 0.6 is 0 Å². The summed E-state index contributed by atoms with van der Waals surface area (Å²) >= 11 is 0. The van der Waals surface area contributed by atoms with Gasteiger partial charge in [-0.2, -0.15) is 0 Å². The van der Waals surface area contributed by atoms with E-state index >= 15 is 0 Å². The maximum Gasteiger partial charge on any atom is 0.233 e. The van der Waals surface area contributed by atoms with Crippen molar-refractivity contribution in [1.29, 1.82) is 0 Å². The van der Waals surface area contributed by atoms with Crippen LogP contribution in [0.15, 0.2) is 24.3 Å². The molecule has 1 aliphatic rings. The quantitative estimate of drug-likeness (QED) is 0.859. The predicted octanol–water partition coefficient (Wildman–Crippen LogP) is 1.36. The first kappa shape index (κ1) is 12.0. The first-order chi connectivity index (χ1) is 8.20. The van der Waals surface area contributed by atoms with Gasteiger partial charge in [0.2, 0.25) is 5.91 Å². The van der Waals surface area contributed by atoms with Crippen molar-refractivity contribution in [3.05, 3.63) is 35.6 Å². The molecule has 0 radical (unpaired) electrons. The Morgan fingerprint density at radius 3 is 3.00 bits per heavy atom. The van der Waals surface area contributed by atoms with Gasteiger partial charge >= 0.3 is 0 Å². The van der Waals surface area contributed by atoms with Crippen molar-refractivity contribution in [2.75, 3.05) is 26.7 Å². The van der Waals surface area contributed by atoms with Gasteiger partial charge in [-0.25, -0.2) is 4.39 Å². The average molecular weight is 236 g/mol. The van der Waals surface area contributed by atoms with Gasteiger partial charge in [-0.3, -0.25) is 9.69 Å². The summed E-state index contributed by atoms with van der Waals surface area (Å²) in [7, 11) is 1.63. The van der Waals surface area contributed by atoms with Crippen molar-refractivity contribution >= 4 is 5.91 Å². The highest BCUT2D eigenvalue weighted by Gasteiger charge is 2.26. The molecule has 1 fully saturated rings. The van der Waals surface area contributed by atoms with Crippen LogP contribution in [-0.2, 0) is 4.79 Å². The minimum Gasteiger partial charge on any atom is -0.358 e. The fourth-order valence-electron chi connectivity index (χ4n) is 2.32. The summed E-state index contributed by atoms with van der Waals surface area (Å²) in [5, 5.41) is 2.60. The van der Waals surface area contributed by atoms with Crippen molar-refractivity contribution in [1.82, 2.24) is 10.2 Å². The number of amides is 1. The highest BCUT2D eigenvalue weighted by molar-refractivity contribution is 5.77. The molecule has 1 N–H and O–H groups in total. The molecule has 1 saturated heterocycles. The third-order valence-corrected chi connectivity index (χ3v) is 3.26. The van der Waals surface area contributed by atoms with E-state index in [2.05, 4.69) is 10.2 Å². The van der Waals surface area contributed by atoms with Gasteiger partial charge in [0.05, 0.1) is 6.54 Å². The van der Waals surface area contributed by atoms with Crippen molar-refractivity contribution in [3.8, 4) is 0 Å². The molecular weight excluding hydrogens is 219 g/mol. The number of hydrogen-bond donors (Lipinski definition) is 1. The number of likely N-dealkylation sites (tertiary alicyclic amines) is 1. The summed E-state index contributed by atoms with van der Waals surface area (Å²) in [6, 6.07) is 6.90. The van der Waals surface area contributed by atoms with Crippen LogP contribution in [0.25, 0.3) is 0 Å². The maximum absolute atomic E-state index is 13.6. The second kappa shape index (κ2) is 5.27. The van der Waals surface area contributed by atoms with Crippen molar-refractivity contribution in [2.45, 2.75) is 12.3 Å². The monoisotopic (exact) mass is 236 g/mol. The van der Waals surface area contributed by atoms with Gasteiger partial charge in [-0.15, -0.1) is 0 Å². The van der Waals surface area contributed by atoms with E-state index in [-0.39, 0.29) is 17.6 Å². The predicted molar refractivity (Wildman–Crippen MR) is 64.3 cm³/mol. The maximum atomic E-state index is 13.6. The SMILES string of the molecule is CNC(=O)CN1CC[C@@H](c2ccccc2F)C1. The number of rotatable bonds is 3. The number of carbonyl (C=O) groups is 1. The summed E-state index contributed by atoms with van der Waals surface area (Å²) in [4.78, 5) is 13.3. The lowest BCUT2D eigenvalue weighted by atomic mass is 9.98. The topological polar surface area (TPSA) is 32.3 Å². The number of halogens is 1. The molecule has 3 nitrogen and oxygen atoms in total. The number of hydrogen-bond acceptors (Lipinski definition) is 2. The van der Waals surface area contributed by atoms with E-state index in [9.17, 15) is 9.18 Å². The zero-order valence-corrected chi connectivity index (χ0v) is 9.95. The van der Waals surface area contributed by atoms with E-state index in [1.54, 1.807) is 13.1 Å². The van der Waals surface area contributed by atoms with E-state index in [0.717, 1.165) is 25.1 Å². The highest BCUT2D eigenvalue weighted by atomic mass is 19.1. The molecule has 0 bridgehead atoms. The van der Waals surface area contributed by atoms with Gasteiger partial charge in [0.15, 0.2) is 0 Å². The Bertz CT molecular complexity index is 408. The third-order valence-electron chi connectivity index (χ3n) is 3.26. The normalized spacial score (nSPS) is 20.5. The van der Waals surface area contributed by atoms with Crippen LogP contribution in [0.5, 0.6) is 0 Å². The zero-order valence-electron chi connectivity index (χ0n) is 9.95. The minimum absolute atomic E-state index is 0.0131. The Hall–Kier alpha value is -1.42. The van der Waals surface area contributed by atoms with E-state index in [0.29, 0.717) is 6.54 Å². The van der Waals surface area contributed by atoms with Gasteiger partial charge in [-0.1, -0.05) is 18.2 Å². The molecule has 0 saturated carbocycles. The second-order valence-corrected chi connectivity index (χ2v) is 4.42. The van der Waals surface area contributed by atoms with Crippen LogP contribution in [0.2, 0.25) is 0 Å². The van der Waals surface area contributed by atoms with Crippen molar-refractivity contribution in [3.63, 3.8) is 0 Å². The summed E-state index contributed by atoms with van der Waals surface area (Å²) in [6.07, 6.45) is 0.915. The molecule has 1 aromatic rings. The fraction of sp³-hybridized carbons (Fsp3) is 0.462. The largest absolute Gasteiger partial charge is 0.358 e. The Balaban J connectivity index is 1.98. The highest BCUT2D eigenvalue weighted by Crippen LogP contribution is 2.28. The Labute approximate surface area is 101 Å². The van der Waals surface area contributed by atoms with Crippen LogP contribution in [0.3, 0.4) is 0 Å². The lowest BCUT2D eigenvalue weighted by Gasteiger charge is -2.15. The van der Waals surface area contributed by atoms with Gasteiger partial charge in [0.1, 0.15) is 5.82 Å². The summed E-state index contributed by atoms with van der Waals surface area (Å²) in [5.41, 5.74) is 0.770. The van der Waals surface area contributed by atoms with E-state index in [1.165, 1.54) is 6.07 Å². The molecular formula is C13H17FN2O. The number of benzene rings is 1. The lowest BCUT2D eigenvalue weighted by molar-refractivity contribution is -0.121. The van der Waals surface area contributed by atoms with Gasteiger partial charge in [-0.05, 0) is 24.6 Å². The van der Waals surface area contributed by atoms with Crippen molar-refractivity contribution < 1.29 is 9.18 Å². The van der Waals surface area contributed by atoms with Crippen molar-refractivity contribution in [2.24, 2.45) is 0 Å². The standard InChI is InChI=1S/C13H17FN2O/c1-15-13(17)9-16-7-6-10(8-16)11-4-2-3-5-12(11)14/h2-5,10H,6-9H2,1H3,(H,15,17)/t10-/m1/s1. The fourth-order valence-corrected chi connectivity index (χ4v) is 2.32. The molecule has 1 atom stereocenters. The lowest BCUT2D eigenvalue weighted by Crippen LogP contribution is -2.34. The van der Waals surface area contributed by atoms with Crippen LogP contribution in [-0.4, -0.2) is 37.5 Å². The molecule has 17 heavy (non-hydrogen) atoms. The number of nitrogens with zero attached hydrogens (tertiary/aromatic N) is 1. The molecule has 0 unspecified atom stereocenters. The first-order valence-corrected chi connectivity index (χ1v) is 5.88. The molecule has 92 valence electrons. The molecule has 1 aliphatic heterocycles. The van der Waals surface area contributed by atoms with Crippen LogP contribution in [0, 0.1) is 5.82 Å². The average Bonchev–Trinajstić information content (AvgIpc) is 2.78. The molecule has 0 spiro atoms. The van der Waals surface area contributed by atoms with E-state index in [1.807, 2.05) is 12.1 Å². The number of likely N-dealkylation sites (N-methyl/N-ethyl adjacent to an activating group) is 1. The summed E-state index contributed by atoms with van der Waals surface area (Å²) < 4.78 is 13.6. The summed E-state index contributed by atoms with van der Waals surface area (Å²) in [5.74, 6) is 0.0827. The van der Waals surface area contributed by atoms with Crippen LogP contribution in [0.4, 0.5) is 4.39 Å². The molecule has 0 aliphatic carbocycles. The Kier molecular flexibility index (Phi) is 3.74. The first-order valence-electron chi connectivity index (χ1n) is 5.88. The minimum atomic E-state index is -0.140. The smallest absolute Gasteiger partial charge is 0.233 e. The molecule has 1 aromatic carbocycles. The van der Waals surface area contributed by atoms with Gasteiger partial charge in [0.25, 0.3) is 0 Å². The second-order valence-electron chi connectivity index (χ2n) is 4.42. The molecule has 4 heteroatoms. The number of carbonyl (C=O) groups excluding carboxylic acids is 1. The Morgan fingerprint density at radius 2 is 2.29 bits per heavy atom.